The highest BCUT2D eigenvalue weighted by atomic mass is 16.6. The van der Waals surface area contributed by atoms with E-state index >= 15 is 0 Å². The number of alkyl carbamates (subject to hydrolysis) is 1. The number of esters is 6. The molecule has 2 aliphatic rings. The van der Waals surface area contributed by atoms with Crippen LogP contribution >= 0.6 is 0 Å². The lowest BCUT2D eigenvalue weighted by atomic mass is 9.89. The maximum absolute atomic E-state index is 13.6. The quantitative estimate of drug-likeness (QED) is 0.0261. The van der Waals surface area contributed by atoms with Gasteiger partial charge in [0.25, 0.3) is 0 Å². The Balaban J connectivity index is 2.11. The van der Waals surface area contributed by atoms with Crippen LogP contribution in [-0.2, 0) is 61.9 Å². The second kappa shape index (κ2) is 44.6. The minimum atomic E-state index is -1.47. The predicted octanol–water partition coefficient (Wildman–Crippen LogP) is 11.9. The minimum absolute atomic E-state index is 0.0189. The fraction of sp³-hybridized carbons (Fsp3) is 0.814. The molecule has 2 rings (SSSR count). The normalized spacial score (nSPS) is 14.7. The summed E-state index contributed by atoms with van der Waals surface area (Å²) in [6, 6.07) is 0. The zero-order valence-corrected chi connectivity index (χ0v) is 46.8. The van der Waals surface area contributed by atoms with Crippen LogP contribution in [0.15, 0.2) is 24.3 Å². The number of nitrogens with zero attached hydrogens (tertiary/aromatic N) is 1. The number of unbranched alkanes of at least 4 members (excludes halogenated alkanes) is 11. The maximum atomic E-state index is 13.6. The van der Waals surface area contributed by atoms with Gasteiger partial charge in [-0.25, -0.2) is 4.79 Å². The molecule has 1 aliphatic heterocycles. The average molecular weight is 1060 g/mol. The van der Waals surface area contributed by atoms with Crippen LogP contribution in [0.5, 0.6) is 0 Å². The Kier molecular flexibility index (Phi) is 39.7. The van der Waals surface area contributed by atoms with Crippen molar-refractivity contribution < 1.29 is 66.7 Å². The van der Waals surface area contributed by atoms with Crippen LogP contribution in [0.4, 0.5) is 4.79 Å². The Hall–Kier alpha value is -4.47. The van der Waals surface area contributed by atoms with Crippen molar-refractivity contribution in [1.82, 2.24) is 10.2 Å². The van der Waals surface area contributed by atoms with Crippen LogP contribution in [-0.4, -0.2) is 119 Å². The molecular formula is C59H100N2O14. The van der Waals surface area contributed by atoms with Gasteiger partial charge in [0.1, 0.15) is 37.9 Å². The Labute approximate surface area is 451 Å². The van der Waals surface area contributed by atoms with E-state index in [1.54, 1.807) is 0 Å². The molecule has 0 aromatic rings. The van der Waals surface area contributed by atoms with Gasteiger partial charge in [-0.05, 0) is 122 Å². The third-order valence-corrected chi connectivity index (χ3v) is 13.7. The first-order chi connectivity index (χ1) is 36.5. The molecule has 430 valence electrons. The van der Waals surface area contributed by atoms with Gasteiger partial charge in [0.15, 0.2) is 0 Å². The number of nitrogens with one attached hydrogen (secondary N) is 1. The molecule has 75 heavy (non-hydrogen) atoms. The highest BCUT2D eigenvalue weighted by molar-refractivity contribution is 5.73. The monoisotopic (exact) mass is 1060 g/mol. The van der Waals surface area contributed by atoms with Gasteiger partial charge < -0.3 is 43.4 Å². The lowest BCUT2D eigenvalue weighted by Crippen LogP contribution is -2.44. The van der Waals surface area contributed by atoms with Gasteiger partial charge >= 0.3 is 41.9 Å². The van der Waals surface area contributed by atoms with Gasteiger partial charge in [-0.3, -0.25) is 28.8 Å². The van der Waals surface area contributed by atoms with Gasteiger partial charge in [0, 0.05) is 45.2 Å². The first-order valence-electron chi connectivity index (χ1n) is 29.4. The highest BCUT2D eigenvalue weighted by Gasteiger charge is 2.39. The van der Waals surface area contributed by atoms with Crippen molar-refractivity contribution in [3.8, 4) is 0 Å². The van der Waals surface area contributed by atoms with Crippen molar-refractivity contribution in [2.24, 2.45) is 11.3 Å². The minimum Gasteiger partial charge on any atom is -0.465 e. The Bertz CT molecular complexity index is 1560. The molecule has 1 saturated heterocycles. The van der Waals surface area contributed by atoms with E-state index in [0.717, 1.165) is 116 Å². The van der Waals surface area contributed by atoms with Gasteiger partial charge in [0.2, 0.25) is 0 Å². The molecule has 1 amide bonds. The van der Waals surface area contributed by atoms with Crippen LogP contribution < -0.4 is 5.32 Å². The summed E-state index contributed by atoms with van der Waals surface area (Å²) in [4.78, 5) is 93.5. The topological polar surface area (TPSA) is 199 Å². The van der Waals surface area contributed by atoms with Gasteiger partial charge in [-0.1, -0.05) is 109 Å². The zero-order chi connectivity index (χ0) is 54.5. The molecule has 16 heteroatoms. The van der Waals surface area contributed by atoms with Crippen LogP contribution in [0.3, 0.4) is 0 Å². The molecule has 0 radical (unpaired) electrons. The molecular weight excluding hydrogens is 961 g/mol. The van der Waals surface area contributed by atoms with E-state index in [-0.39, 0.29) is 63.0 Å². The average Bonchev–Trinajstić information content (AvgIpc) is 3.94. The van der Waals surface area contributed by atoms with Crippen molar-refractivity contribution in [2.75, 3.05) is 65.8 Å². The molecule has 1 heterocycles. The molecule has 1 atom stereocenters. The fourth-order valence-corrected chi connectivity index (χ4v) is 8.90. The second-order valence-corrected chi connectivity index (χ2v) is 20.7. The second-order valence-electron chi connectivity index (χ2n) is 20.7. The molecule has 0 bridgehead atoms. The lowest BCUT2D eigenvalue weighted by Gasteiger charge is -2.32. The third kappa shape index (κ3) is 36.2. The van der Waals surface area contributed by atoms with Crippen molar-refractivity contribution in [2.45, 2.75) is 232 Å². The number of hydrogen-bond donors (Lipinski definition) is 1. The van der Waals surface area contributed by atoms with Crippen LogP contribution in [0, 0.1) is 11.3 Å². The molecule has 1 N–H and O–H groups in total. The van der Waals surface area contributed by atoms with Crippen LogP contribution in [0.1, 0.15) is 226 Å². The van der Waals surface area contributed by atoms with Crippen LogP contribution in [0.2, 0.25) is 0 Å². The van der Waals surface area contributed by atoms with Crippen molar-refractivity contribution in [1.29, 1.82) is 0 Å². The summed E-state index contributed by atoms with van der Waals surface area (Å²) in [5.41, 5.74) is -1.47. The summed E-state index contributed by atoms with van der Waals surface area (Å²) in [5.74, 6) is -3.21. The Morgan fingerprint density at radius 3 is 1.45 bits per heavy atom. The van der Waals surface area contributed by atoms with E-state index in [9.17, 15) is 33.6 Å². The predicted molar refractivity (Wildman–Crippen MR) is 289 cm³/mol. The number of ether oxygens (including phenoxy) is 7. The summed E-state index contributed by atoms with van der Waals surface area (Å²) >= 11 is 0. The molecule has 0 aromatic carbocycles. The molecule has 1 saturated carbocycles. The number of carbonyl (C=O) groups excluding carboxylic acids is 7. The smallest absolute Gasteiger partial charge is 0.407 e. The molecule has 2 fully saturated rings. The lowest BCUT2D eigenvalue weighted by molar-refractivity contribution is -0.173. The highest BCUT2D eigenvalue weighted by Crippen LogP contribution is 2.28. The van der Waals surface area contributed by atoms with Crippen molar-refractivity contribution in [3.05, 3.63) is 24.3 Å². The van der Waals surface area contributed by atoms with E-state index in [0.29, 0.717) is 77.5 Å². The summed E-state index contributed by atoms with van der Waals surface area (Å²) in [5, 5.41) is 2.85. The van der Waals surface area contributed by atoms with Gasteiger partial charge in [0.05, 0.1) is 19.1 Å². The van der Waals surface area contributed by atoms with Gasteiger partial charge in [-0.15, -0.1) is 0 Å². The summed E-state index contributed by atoms with van der Waals surface area (Å²) < 4.78 is 39.9. The molecule has 1 aliphatic carbocycles. The van der Waals surface area contributed by atoms with Crippen molar-refractivity contribution in [3.63, 3.8) is 0 Å². The number of allylic oxidation sites excluding steroid dienone is 2. The van der Waals surface area contributed by atoms with E-state index in [1.807, 2.05) is 12.2 Å². The Morgan fingerprint density at radius 2 is 0.947 bits per heavy atom. The maximum Gasteiger partial charge on any atom is 0.407 e. The molecule has 1 unspecified atom stereocenters. The van der Waals surface area contributed by atoms with Gasteiger partial charge in [-0.2, -0.15) is 0 Å². The standard InChI is InChI=1S/C59H100N2O14/c1-4-7-10-13-15-17-29-44-69-52(62)34-23-25-36-54(64)71-46-59(49-74-57(67)50-31-20-19-21-32-50,47-72-55(65)37-26-24-35-53(63)70-45-30-18-16-14-11-8-5-2)48-73-56(66)39-38-51(33-22-12-9-6-3)75-58(68)60-40-43-61-41-27-28-42-61/h15-18,50-51H,4-14,19-49H2,1-3H3,(H,60,68)/b17-15-,18-16-. The summed E-state index contributed by atoms with van der Waals surface area (Å²) in [7, 11) is 0. The molecule has 16 nitrogen and oxygen atoms in total. The third-order valence-electron chi connectivity index (χ3n) is 13.7. The number of rotatable bonds is 45. The number of amides is 1. The number of hydrogen-bond acceptors (Lipinski definition) is 15. The Morgan fingerprint density at radius 1 is 0.493 bits per heavy atom. The number of likely N-dealkylation sites (tertiary alicyclic amines) is 1. The van der Waals surface area contributed by atoms with E-state index in [1.165, 1.54) is 12.8 Å². The SMILES string of the molecule is CCCCC/C=C\CCOC(=O)CCCCC(=O)OCC(COC(=O)CCCCC(=O)OCC/C=C\CCCCC)(COC(=O)CCC(CCCCCC)OC(=O)NCCN1CCCC1)COC(=O)C1CCCCC1. The zero-order valence-electron chi connectivity index (χ0n) is 46.8. The number of carbonyl (C=O) groups is 7. The first-order valence-corrected chi connectivity index (χ1v) is 29.4. The summed E-state index contributed by atoms with van der Waals surface area (Å²) in [6.45, 7) is 8.69. The molecule has 0 aromatic heterocycles. The van der Waals surface area contributed by atoms with Crippen LogP contribution in [0.25, 0.3) is 0 Å². The van der Waals surface area contributed by atoms with E-state index in [2.05, 4.69) is 43.1 Å². The first kappa shape index (κ1) is 66.6. The van der Waals surface area contributed by atoms with Crippen molar-refractivity contribution >= 4 is 41.9 Å². The summed E-state index contributed by atoms with van der Waals surface area (Å²) in [6.07, 6.45) is 30.3. The van der Waals surface area contributed by atoms with E-state index in [4.69, 9.17) is 33.2 Å². The fourth-order valence-electron chi connectivity index (χ4n) is 8.90. The molecule has 0 spiro atoms. The van der Waals surface area contributed by atoms with E-state index < -0.39 is 61.3 Å². The largest absolute Gasteiger partial charge is 0.465 e.